The number of hydrogen-bond acceptors (Lipinski definition) is 6. The van der Waals surface area contributed by atoms with Crippen molar-refractivity contribution in [2.45, 2.75) is 335 Å². The van der Waals surface area contributed by atoms with E-state index >= 15 is 0 Å². The normalized spacial score (nSPS) is 12.2. The van der Waals surface area contributed by atoms with Gasteiger partial charge < -0.3 is 14.2 Å². The molecule has 0 aliphatic carbocycles. The maximum atomic E-state index is 12.9. The second-order valence-corrected chi connectivity index (χ2v) is 20.6. The van der Waals surface area contributed by atoms with Crippen molar-refractivity contribution >= 4 is 17.9 Å². The van der Waals surface area contributed by atoms with Gasteiger partial charge in [0, 0.05) is 19.3 Å². The maximum absolute atomic E-state index is 12.9. The molecule has 6 heteroatoms. The van der Waals surface area contributed by atoms with Gasteiger partial charge in [-0.1, -0.05) is 269 Å². The van der Waals surface area contributed by atoms with E-state index in [-0.39, 0.29) is 31.1 Å². The van der Waals surface area contributed by atoms with Gasteiger partial charge >= 0.3 is 17.9 Å². The minimum Gasteiger partial charge on any atom is -0.462 e. The molecule has 0 unspecified atom stereocenters. The van der Waals surface area contributed by atoms with Crippen LogP contribution in [0.4, 0.5) is 0 Å². The molecule has 0 bridgehead atoms. The van der Waals surface area contributed by atoms with Crippen molar-refractivity contribution in [3.8, 4) is 0 Å². The number of carbonyl (C=O) groups excluding carboxylic acids is 3. The van der Waals surface area contributed by atoms with Crippen LogP contribution in [0.2, 0.25) is 0 Å². The Morgan fingerprint density at radius 1 is 0.290 bits per heavy atom. The Bertz CT molecular complexity index is 1160. The van der Waals surface area contributed by atoms with E-state index in [9.17, 15) is 14.4 Å². The highest BCUT2D eigenvalue weighted by Crippen LogP contribution is 2.17. The fourth-order valence-corrected chi connectivity index (χ4v) is 9.00. The summed E-state index contributed by atoms with van der Waals surface area (Å²) in [6.45, 7) is 6.65. The van der Waals surface area contributed by atoms with Crippen LogP contribution in [0.1, 0.15) is 329 Å². The summed E-state index contributed by atoms with van der Waals surface area (Å²) >= 11 is 0. The molecule has 0 radical (unpaired) electrons. The molecule has 0 rings (SSSR count). The molecule has 0 aromatic carbocycles. The van der Waals surface area contributed by atoms with Crippen molar-refractivity contribution in [1.29, 1.82) is 0 Å². The summed E-state index contributed by atoms with van der Waals surface area (Å²) in [5.41, 5.74) is 0. The van der Waals surface area contributed by atoms with Gasteiger partial charge in [-0.2, -0.15) is 0 Å². The molecule has 0 aromatic rings. The van der Waals surface area contributed by atoms with Gasteiger partial charge in [-0.3, -0.25) is 14.4 Å². The van der Waals surface area contributed by atoms with E-state index in [2.05, 4.69) is 57.2 Å². The van der Waals surface area contributed by atoms with E-state index in [4.69, 9.17) is 14.2 Å². The Labute approximate surface area is 429 Å². The number of allylic oxidation sites excluding steroid dienone is 6. The second-order valence-electron chi connectivity index (χ2n) is 20.6. The standard InChI is InChI=1S/C63H116O6/c1-4-7-10-13-16-19-22-25-28-31-34-37-40-43-46-49-52-55-61(64)67-58-60(69-63(66)57-54-51-48-45-42-39-36-33-30-27-24-21-18-15-12-9-6-3)59-68-62(65)56-53-50-47-44-41-38-35-32-29-26-23-20-17-14-11-8-5-2/h16,19,25,27-28,30,60H,4-15,17-18,20-24,26,29,31-59H2,1-3H3/b19-16-,28-25-,30-27-/t60-/m0/s1. The lowest BCUT2D eigenvalue weighted by Crippen LogP contribution is -2.30. The number of carbonyl (C=O) groups is 3. The molecule has 0 saturated heterocycles. The van der Waals surface area contributed by atoms with Crippen molar-refractivity contribution in [3.63, 3.8) is 0 Å². The molecule has 6 nitrogen and oxygen atoms in total. The molecule has 0 aliphatic rings. The van der Waals surface area contributed by atoms with E-state index in [1.807, 2.05) is 0 Å². The molecular weight excluding hydrogens is 853 g/mol. The summed E-state index contributed by atoms with van der Waals surface area (Å²) in [7, 11) is 0. The number of hydrogen-bond donors (Lipinski definition) is 0. The Morgan fingerprint density at radius 2 is 0.522 bits per heavy atom. The van der Waals surface area contributed by atoms with Crippen molar-refractivity contribution in [2.75, 3.05) is 13.2 Å². The van der Waals surface area contributed by atoms with Crippen molar-refractivity contribution < 1.29 is 28.6 Å². The van der Waals surface area contributed by atoms with Gasteiger partial charge in [-0.25, -0.2) is 0 Å². The van der Waals surface area contributed by atoms with E-state index in [0.717, 1.165) is 70.6 Å². The molecule has 0 saturated carbocycles. The Kier molecular flexibility index (Phi) is 56.2. The van der Waals surface area contributed by atoms with E-state index in [1.54, 1.807) is 0 Å². The summed E-state index contributed by atoms with van der Waals surface area (Å²) in [6.07, 6.45) is 69.9. The van der Waals surface area contributed by atoms with Crippen LogP contribution in [0.3, 0.4) is 0 Å². The highest BCUT2D eigenvalue weighted by Gasteiger charge is 2.19. The van der Waals surface area contributed by atoms with Crippen LogP contribution >= 0.6 is 0 Å². The lowest BCUT2D eigenvalue weighted by molar-refractivity contribution is -0.167. The average molecular weight is 970 g/mol. The van der Waals surface area contributed by atoms with Gasteiger partial charge in [0.25, 0.3) is 0 Å². The van der Waals surface area contributed by atoms with Gasteiger partial charge in [-0.05, 0) is 77.0 Å². The number of ether oxygens (including phenoxy) is 3. The summed E-state index contributed by atoms with van der Waals surface area (Å²) < 4.78 is 16.9. The minimum absolute atomic E-state index is 0.0724. The fourth-order valence-electron chi connectivity index (χ4n) is 9.00. The Hall–Kier alpha value is -2.37. The van der Waals surface area contributed by atoms with E-state index < -0.39 is 6.10 Å². The molecule has 0 aliphatic heterocycles. The fraction of sp³-hybridized carbons (Fsp3) is 0.857. The lowest BCUT2D eigenvalue weighted by Gasteiger charge is -2.18. The van der Waals surface area contributed by atoms with E-state index in [0.29, 0.717) is 19.3 Å². The zero-order chi connectivity index (χ0) is 50.0. The molecule has 1 atom stereocenters. The van der Waals surface area contributed by atoms with Crippen LogP contribution in [0.5, 0.6) is 0 Å². The SMILES string of the molecule is CCCCC/C=C\C/C=C\CCCCCCCCCC(=O)OC[C@@H](COC(=O)CCCCCCCCCCCCCCCCCCC)OC(=O)CCCCCCCCC/C=C\CCCCCCCC. The van der Waals surface area contributed by atoms with E-state index in [1.165, 1.54) is 218 Å². The molecule has 0 fully saturated rings. The first-order chi connectivity index (χ1) is 34.0. The quantitative estimate of drug-likeness (QED) is 0.0261. The van der Waals surface area contributed by atoms with Crippen LogP contribution in [0, 0.1) is 0 Å². The predicted molar refractivity (Wildman–Crippen MR) is 298 cm³/mol. The van der Waals surface area contributed by atoms with Crippen molar-refractivity contribution in [1.82, 2.24) is 0 Å². The highest BCUT2D eigenvalue weighted by atomic mass is 16.6. The topological polar surface area (TPSA) is 78.9 Å². The first-order valence-corrected chi connectivity index (χ1v) is 30.5. The lowest BCUT2D eigenvalue weighted by atomic mass is 10.0. The molecule has 404 valence electrons. The molecule has 0 aromatic heterocycles. The van der Waals surface area contributed by atoms with Crippen molar-refractivity contribution in [3.05, 3.63) is 36.5 Å². The van der Waals surface area contributed by atoms with Crippen LogP contribution in [0.15, 0.2) is 36.5 Å². The summed E-state index contributed by atoms with van der Waals surface area (Å²) in [4.78, 5) is 38.2. The molecule has 69 heavy (non-hydrogen) atoms. The smallest absolute Gasteiger partial charge is 0.306 e. The van der Waals surface area contributed by atoms with Crippen LogP contribution < -0.4 is 0 Å². The summed E-state index contributed by atoms with van der Waals surface area (Å²) in [6, 6.07) is 0. The maximum Gasteiger partial charge on any atom is 0.306 e. The number of rotatable bonds is 56. The van der Waals surface area contributed by atoms with Crippen LogP contribution in [-0.4, -0.2) is 37.2 Å². The molecular formula is C63H116O6. The third kappa shape index (κ3) is 56.4. The number of unbranched alkanes of at least 4 members (excludes halogenated alkanes) is 39. The zero-order valence-corrected chi connectivity index (χ0v) is 46.3. The molecule has 0 heterocycles. The van der Waals surface area contributed by atoms with Crippen molar-refractivity contribution in [2.24, 2.45) is 0 Å². The second kappa shape index (κ2) is 58.2. The van der Waals surface area contributed by atoms with Crippen LogP contribution in [0.25, 0.3) is 0 Å². The first-order valence-electron chi connectivity index (χ1n) is 30.5. The predicted octanol–water partition coefficient (Wildman–Crippen LogP) is 20.4. The van der Waals surface area contributed by atoms with Gasteiger partial charge in [0.1, 0.15) is 13.2 Å². The third-order valence-electron chi connectivity index (χ3n) is 13.6. The number of esters is 3. The van der Waals surface area contributed by atoms with Gasteiger partial charge in [0.05, 0.1) is 0 Å². The Morgan fingerprint density at radius 3 is 0.841 bits per heavy atom. The average Bonchev–Trinajstić information content (AvgIpc) is 3.35. The first kappa shape index (κ1) is 66.6. The van der Waals surface area contributed by atoms with Gasteiger partial charge in [0.2, 0.25) is 0 Å². The minimum atomic E-state index is -0.775. The van der Waals surface area contributed by atoms with Gasteiger partial charge in [-0.15, -0.1) is 0 Å². The molecule has 0 N–H and O–H groups in total. The zero-order valence-electron chi connectivity index (χ0n) is 46.3. The summed E-state index contributed by atoms with van der Waals surface area (Å²) in [5.74, 6) is -0.864. The third-order valence-corrected chi connectivity index (χ3v) is 13.6. The largest absolute Gasteiger partial charge is 0.462 e. The van der Waals surface area contributed by atoms with Crippen LogP contribution in [-0.2, 0) is 28.6 Å². The molecule has 0 amide bonds. The molecule has 0 spiro atoms. The van der Waals surface area contributed by atoms with Gasteiger partial charge in [0.15, 0.2) is 6.10 Å². The Balaban J connectivity index is 4.35. The highest BCUT2D eigenvalue weighted by molar-refractivity contribution is 5.71. The monoisotopic (exact) mass is 969 g/mol. The summed E-state index contributed by atoms with van der Waals surface area (Å²) in [5, 5.41) is 0.